The third kappa shape index (κ3) is 2.99. The molecule has 118 valence electrons. The van der Waals surface area contributed by atoms with E-state index in [2.05, 4.69) is 19.1 Å². The van der Waals surface area contributed by atoms with Crippen LogP contribution < -0.4 is 0 Å². The van der Waals surface area contributed by atoms with Crippen LogP contribution in [0.15, 0.2) is 24.3 Å². The van der Waals surface area contributed by atoms with Crippen LogP contribution in [0.5, 0.6) is 0 Å². The monoisotopic (exact) mass is 303 g/mol. The van der Waals surface area contributed by atoms with E-state index >= 15 is 0 Å². The van der Waals surface area contributed by atoms with E-state index in [1.165, 1.54) is 11.1 Å². The van der Waals surface area contributed by atoms with Crippen LogP contribution in [-0.4, -0.2) is 47.7 Å². The maximum absolute atomic E-state index is 12.7. The summed E-state index contributed by atoms with van der Waals surface area (Å²) in [5.74, 6) is -0.528. The molecule has 1 saturated carbocycles. The van der Waals surface area contributed by atoms with Crippen molar-refractivity contribution in [2.45, 2.75) is 31.7 Å². The molecule has 1 aliphatic carbocycles. The Bertz CT molecular complexity index is 586. The average Bonchev–Trinajstić information content (AvgIpc) is 3.27. The normalized spacial score (nSPS) is 27.5. The van der Waals surface area contributed by atoms with E-state index in [0.717, 1.165) is 6.42 Å². The fourth-order valence-corrected chi connectivity index (χ4v) is 3.34. The van der Waals surface area contributed by atoms with Crippen LogP contribution in [0.2, 0.25) is 0 Å². The molecule has 3 unspecified atom stereocenters. The zero-order valence-electron chi connectivity index (χ0n) is 12.7. The molecular formula is C17H21NO4. The summed E-state index contributed by atoms with van der Waals surface area (Å²) < 4.78 is 5.34. The Labute approximate surface area is 129 Å². The molecule has 1 aromatic rings. The second-order valence-corrected chi connectivity index (χ2v) is 6.16. The van der Waals surface area contributed by atoms with E-state index in [1.54, 1.807) is 4.90 Å². The van der Waals surface area contributed by atoms with Crippen molar-refractivity contribution < 1.29 is 19.4 Å². The number of carboxylic acids is 1. The highest BCUT2D eigenvalue weighted by molar-refractivity contribution is 5.84. The smallest absolute Gasteiger partial charge is 0.305 e. The van der Waals surface area contributed by atoms with E-state index in [0.29, 0.717) is 19.8 Å². The zero-order valence-corrected chi connectivity index (χ0v) is 12.7. The van der Waals surface area contributed by atoms with Crippen molar-refractivity contribution in [2.24, 2.45) is 5.92 Å². The molecule has 5 nitrogen and oxygen atoms in total. The van der Waals surface area contributed by atoms with Gasteiger partial charge in [0.05, 0.1) is 25.7 Å². The van der Waals surface area contributed by atoms with Gasteiger partial charge < -0.3 is 14.7 Å². The number of carbonyl (C=O) groups is 2. The van der Waals surface area contributed by atoms with Gasteiger partial charge in [0.15, 0.2) is 0 Å². The van der Waals surface area contributed by atoms with E-state index in [1.807, 2.05) is 12.1 Å². The van der Waals surface area contributed by atoms with E-state index in [9.17, 15) is 9.59 Å². The molecule has 3 atom stereocenters. The Morgan fingerprint density at radius 1 is 1.36 bits per heavy atom. The number of nitrogens with zero attached hydrogens (tertiary/aromatic N) is 1. The number of amides is 1. The first-order chi connectivity index (χ1) is 10.6. The van der Waals surface area contributed by atoms with Crippen molar-refractivity contribution >= 4 is 11.9 Å². The van der Waals surface area contributed by atoms with Gasteiger partial charge in [-0.3, -0.25) is 9.59 Å². The van der Waals surface area contributed by atoms with Gasteiger partial charge in [-0.1, -0.05) is 24.3 Å². The maximum atomic E-state index is 12.7. The second-order valence-electron chi connectivity index (χ2n) is 6.16. The van der Waals surface area contributed by atoms with E-state index in [-0.39, 0.29) is 30.2 Å². The first kappa shape index (κ1) is 15.0. The fourth-order valence-electron chi connectivity index (χ4n) is 3.34. The minimum atomic E-state index is -0.889. The molecule has 1 aromatic carbocycles. The summed E-state index contributed by atoms with van der Waals surface area (Å²) in [6.45, 7) is 3.37. The minimum Gasteiger partial charge on any atom is -0.481 e. The summed E-state index contributed by atoms with van der Waals surface area (Å²) in [5.41, 5.74) is 2.45. The van der Waals surface area contributed by atoms with Gasteiger partial charge in [0.25, 0.3) is 0 Å². The van der Waals surface area contributed by atoms with Crippen molar-refractivity contribution in [3.8, 4) is 0 Å². The number of aryl methyl sites for hydroxylation is 1. The average molecular weight is 303 g/mol. The molecule has 1 saturated heterocycles. The van der Waals surface area contributed by atoms with Gasteiger partial charge in [-0.05, 0) is 30.4 Å². The summed E-state index contributed by atoms with van der Waals surface area (Å²) in [6, 6.07) is 7.82. The van der Waals surface area contributed by atoms with Crippen LogP contribution in [0.3, 0.4) is 0 Å². The molecule has 5 heteroatoms. The predicted molar refractivity (Wildman–Crippen MR) is 80.6 cm³/mol. The zero-order chi connectivity index (χ0) is 15.7. The number of ether oxygens (including phenoxy) is 1. The van der Waals surface area contributed by atoms with Crippen molar-refractivity contribution in [3.05, 3.63) is 35.4 Å². The number of carboxylic acid groups (broad SMARTS) is 1. The lowest BCUT2D eigenvalue weighted by Crippen LogP contribution is -2.50. The number of aliphatic carboxylic acids is 1. The second kappa shape index (κ2) is 6.08. The molecule has 0 radical (unpaired) electrons. The number of rotatable bonds is 4. The van der Waals surface area contributed by atoms with Gasteiger partial charge in [-0.25, -0.2) is 0 Å². The van der Waals surface area contributed by atoms with Gasteiger partial charge in [0.2, 0.25) is 5.91 Å². The Hall–Kier alpha value is -1.88. The highest BCUT2D eigenvalue weighted by Gasteiger charge is 2.47. The van der Waals surface area contributed by atoms with Crippen molar-refractivity contribution in [1.82, 2.24) is 4.90 Å². The quantitative estimate of drug-likeness (QED) is 0.921. The largest absolute Gasteiger partial charge is 0.481 e. The molecule has 0 spiro atoms. The molecule has 2 aliphatic rings. The lowest BCUT2D eigenvalue weighted by atomic mass is 10.0. The Kier molecular flexibility index (Phi) is 4.16. The molecule has 1 N–H and O–H groups in total. The topological polar surface area (TPSA) is 66.8 Å². The molecule has 3 rings (SSSR count). The predicted octanol–water partition coefficient (Wildman–Crippen LogP) is 1.80. The Morgan fingerprint density at radius 3 is 2.86 bits per heavy atom. The van der Waals surface area contributed by atoms with Crippen molar-refractivity contribution in [1.29, 1.82) is 0 Å². The van der Waals surface area contributed by atoms with Gasteiger partial charge in [-0.15, -0.1) is 0 Å². The van der Waals surface area contributed by atoms with Crippen LogP contribution in [0.1, 0.15) is 29.9 Å². The van der Waals surface area contributed by atoms with Crippen LogP contribution in [0.4, 0.5) is 0 Å². The lowest BCUT2D eigenvalue weighted by Gasteiger charge is -2.35. The molecule has 1 aliphatic heterocycles. The van der Waals surface area contributed by atoms with Crippen LogP contribution in [0.25, 0.3) is 0 Å². The lowest BCUT2D eigenvalue weighted by molar-refractivity contribution is -0.147. The number of carbonyl (C=O) groups excluding carboxylic acids is 1. The molecule has 22 heavy (non-hydrogen) atoms. The molecule has 1 amide bonds. The standard InChI is InChI=1S/C17H21NO4/c1-11-4-2-3-5-13(11)14-9-15(14)17(21)18-6-7-22-10-12(18)8-16(19)20/h2-5,12,14-15H,6-10H2,1H3,(H,19,20). The highest BCUT2D eigenvalue weighted by Crippen LogP contribution is 2.49. The summed E-state index contributed by atoms with van der Waals surface area (Å²) in [7, 11) is 0. The number of hydrogen-bond acceptors (Lipinski definition) is 3. The molecule has 0 bridgehead atoms. The minimum absolute atomic E-state index is 0.00417. The third-order valence-electron chi connectivity index (χ3n) is 4.62. The number of hydrogen-bond donors (Lipinski definition) is 1. The van der Waals surface area contributed by atoms with Crippen molar-refractivity contribution in [2.75, 3.05) is 19.8 Å². The van der Waals surface area contributed by atoms with Crippen LogP contribution in [-0.2, 0) is 14.3 Å². The fraction of sp³-hybridized carbons (Fsp3) is 0.529. The van der Waals surface area contributed by atoms with E-state index in [4.69, 9.17) is 9.84 Å². The highest BCUT2D eigenvalue weighted by atomic mass is 16.5. The van der Waals surface area contributed by atoms with Gasteiger partial charge >= 0.3 is 5.97 Å². The van der Waals surface area contributed by atoms with E-state index < -0.39 is 5.97 Å². The van der Waals surface area contributed by atoms with Gasteiger partial charge in [0.1, 0.15) is 0 Å². The van der Waals surface area contributed by atoms with Crippen LogP contribution in [0, 0.1) is 12.8 Å². The maximum Gasteiger partial charge on any atom is 0.305 e. The molecule has 0 aromatic heterocycles. The first-order valence-corrected chi connectivity index (χ1v) is 7.73. The Balaban J connectivity index is 1.69. The summed E-state index contributed by atoms with van der Waals surface area (Å²) >= 11 is 0. The summed E-state index contributed by atoms with van der Waals surface area (Å²) in [6.07, 6.45) is 0.814. The summed E-state index contributed by atoms with van der Waals surface area (Å²) in [5, 5.41) is 8.99. The Morgan fingerprint density at radius 2 is 2.14 bits per heavy atom. The molecular weight excluding hydrogens is 282 g/mol. The number of morpholine rings is 1. The molecule has 1 heterocycles. The first-order valence-electron chi connectivity index (χ1n) is 7.73. The third-order valence-corrected chi connectivity index (χ3v) is 4.62. The van der Waals surface area contributed by atoms with Crippen LogP contribution >= 0.6 is 0 Å². The van der Waals surface area contributed by atoms with Gasteiger partial charge in [-0.2, -0.15) is 0 Å². The van der Waals surface area contributed by atoms with Crippen molar-refractivity contribution in [3.63, 3.8) is 0 Å². The van der Waals surface area contributed by atoms with Gasteiger partial charge in [0, 0.05) is 12.5 Å². The summed E-state index contributed by atoms with van der Waals surface area (Å²) in [4.78, 5) is 25.4. The molecule has 2 fully saturated rings. The SMILES string of the molecule is Cc1ccccc1C1CC1C(=O)N1CCOCC1CC(=O)O. The number of benzene rings is 1.